The lowest BCUT2D eigenvalue weighted by Crippen LogP contribution is -2.44. The molecule has 1 atom stereocenters. The van der Waals surface area contributed by atoms with Crippen molar-refractivity contribution in [3.8, 4) is 5.75 Å². The normalized spacial score (nSPS) is 12.8. The smallest absolute Gasteiger partial charge is 0.419 e. The molecule has 10 nitrogen and oxygen atoms in total. The molecule has 186 valence electrons. The summed E-state index contributed by atoms with van der Waals surface area (Å²) in [6, 6.07) is 8.55. The number of carbonyl (C=O) groups excluding carboxylic acids is 1. The van der Waals surface area contributed by atoms with Crippen LogP contribution in [0.15, 0.2) is 50.5 Å². The van der Waals surface area contributed by atoms with Gasteiger partial charge >= 0.3 is 5.76 Å². The fraction of sp³-hybridized carbons (Fsp3) is 0.318. The molecule has 0 saturated carbocycles. The largest absolute Gasteiger partial charge is 0.494 e. The summed E-state index contributed by atoms with van der Waals surface area (Å²) in [5.41, 5.74) is 1.31. The highest BCUT2D eigenvalue weighted by atomic mass is 32.2. The molecule has 0 unspecified atom stereocenters. The highest BCUT2D eigenvalue weighted by Gasteiger charge is 2.27. The van der Waals surface area contributed by atoms with E-state index in [1.54, 1.807) is 12.1 Å². The third-order valence-corrected chi connectivity index (χ3v) is 8.25. The van der Waals surface area contributed by atoms with Gasteiger partial charge in [-0.1, -0.05) is 11.3 Å². The Morgan fingerprint density at radius 3 is 2.83 bits per heavy atom. The maximum absolute atomic E-state index is 13.1. The second-order valence-corrected chi connectivity index (χ2v) is 11.3. The van der Waals surface area contributed by atoms with Crippen LogP contribution in [0.4, 0.5) is 5.13 Å². The van der Waals surface area contributed by atoms with Crippen LogP contribution in [0.3, 0.4) is 0 Å². The molecule has 35 heavy (non-hydrogen) atoms. The number of nitrogens with one attached hydrogen (secondary N) is 2. The molecule has 0 aliphatic heterocycles. The second kappa shape index (κ2) is 10.4. The zero-order valence-electron chi connectivity index (χ0n) is 19.2. The molecule has 0 spiro atoms. The van der Waals surface area contributed by atoms with E-state index in [-0.39, 0.29) is 16.9 Å². The van der Waals surface area contributed by atoms with E-state index in [0.29, 0.717) is 34.3 Å². The lowest BCUT2D eigenvalue weighted by molar-refractivity contribution is -0.117. The number of aromatic nitrogens is 2. The highest BCUT2D eigenvalue weighted by molar-refractivity contribution is 7.98. The van der Waals surface area contributed by atoms with Crippen LogP contribution in [-0.2, 0) is 21.9 Å². The summed E-state index contributed by atoms with van der Waals surface area (Å²) in [6.07, 6.45) is 2.15. The molecule has 2 N–H and O–H groups in total. The summed E-state index contributed by atoms with van der Waals surface area (Å²) in [5.74, 6) is 0.159. The number of fused-ring (bicyclic) bond motifs is 2. The predicted octanol–water partition coefficient (Wildman–Crippen LogP) is 3.18. The van der Waals surface area contributed by atoms with Crippen molar-refractivity contribution in [1.29, 1.82) is 0 Å². The molecular weight excluding hydrogens is 512 g/mol. The van der Waals surface area contributed by atoms with E-state index in [0.717, 1.165) is 4.70 Å². The number of oxazole rings is 1. The number of sulfonamides is 1. The van der Waals surface area contributed by atoms with Crippen molar-refractivity contribution in [2.24, 2.45) is 7.05 Å². The lowest BCUT2D eigenvalue weighted by Gasteiger charge is -2.17. The van der Waals surface area contributed by atoms with Gasteiger partial charge in [-0.25, -0.2) is 18.2 Å². The number of ether oxygens (including phenoxy) is 1. The molecule has 0 bridgehead atoms. The van der Waals surface area contributed by atoms with Gasteiger partial charge in [0.1, 0.15) is 11.8 Å². The number of carbonyl (C=O) groups is 1. The van der Waals surface area contributed by atoms with E-state index in [1.807, 2.05) is 19.2 Å². The van der Waals surface area contributed by atoms with Crippen LogP contribution in [0.2, 0.25) is 0 Å². The van der Waals surface area contributed by atoms with Crippen molar-refractivity contribution in [2.75, 3.05) is 23.9 Å². The van der Waals surface area contributed by atoms with Gasteiger partial charge in [-0.05, 0) is 55.7 Å². The predicted molar refractivity (Wildman–Crippen MR) is 138 cm³/mol. The second-order valence-electron chi connectivity index (χ2n) is 7.58. The quantitative estimate of drug-likeness (QED) is 0.316. The highest BCUT2D eigenvalue weighted by Crippen LogP contribution is 2.29. The number of hydrogen-bond acceptors (Lipinski definition) is 9. The van der Waals surface area contributed by atoms with Crippen LogP contribution in [0.1, 0.15) is 13.3 Å². The first-order valence-corrected chi connectivity index (χ1v) is 14.4. The van der Waals surface area contributed by atoms with Gasteiger partial charge in [-0.15, -0.1) is 0 Å². The molecule has 2 aromatic heterocycles. The number of hydrogen-bond donors (Lipinski definition) is 2. The molecule has 0 saturated heterocycles. The minimum absolute atomic E-state index is 0.107. The maximum Gasteiger partial charge on any atom is 0.419 e. The van der Waals surface area contributed by atoms with Gasteiger partial charge in [-0.3, -0.25) is 9.36 Å². The summed E-state index contributed by atoms with van der Waals surface area (Å²) in [5, 5.41) is 3.10. The van der Waals surface area contributed by atoms with Crippen LogP contribution in [0.25, 0.3) is 21.3 Å². The SMILES string of the molecule is CCOc1ccc2nc(NC(=O)[C@H](CCSC)NS(=O)(=O)c3ccc4c(c3)oc(=O)n4C)sc2c1. The number of nitrogens with zero attached hydrogens (tertiary/aromatic N) is 2. The minimum atomic E-state index is -4.08. The molecule has 4 rings (SSSR count). The minimum Gasteiger partial charge on any atom is -0.494 e. The summed E-state index contributed by atoms with van der Waals surface area (Å²) in [6.45, 7) is 2.43. The van der Waals surface area contributed by atoms with Gasteiger partial charge in [0.05, 0.1) is 27.2 Å². The van der Waals surface area contributed by atoms with E-state index in [2.05, 4.69) is 15.0 Å². The molecule has 13 heteroatoms. The zero-order valence-corrected chi connectivity index (χ0v) is 21.7. The molecule has 0 radical (unpaired) electrons. The molecule has 0 aliphatic rings. The number of aryl methyl sites for hydroxylation is 1. The third kappa shape index (κ3) is 5.53. The Labute approximate surface area is 209 Å². The molecule has 1 amide bonds. The molecule has 2 aromatic carbocycles. The number of benzene rings is 2. The van der Waals surface area contributed by atoms with E-state index >= 15 is 0 Å². The maximum atomic E-state index is 13.1. The fourth-order valence-electron chi connectivity index (χ4n) is 3.42. The van der Waals surface area contributed by atoms with Gasteiger partial charge < -0.3 is 14.5 Å². The van der Waals surface area contributed by atoms with Crippen LogP contribution < -0.4 is 20.5 Å². The first-order valence-electron chi connectivity index (χ1n) is 10.7. The Morgan fingerprint density at radius 2 is 2.09 bits per heavy atom. The molecule has 0 aliphatic carbocycles. The van der Waals surface area contributed by atoms with Crippen LogP contribution >= 0.6 is 23.1 Å². The van der Waals surface area contributed by atoms with Crippen LogP contribution in [0.5, 0.6) is 5.75 Å². The van der Waals surface area contributed by atoms with Gasteiger partial charge in [0, 0.05) is 13.1 Å². The van der Waals surface area contributed by atoms with Crippen molar-refractivity contribution in [3.63, 3.8) is 0 Å². The van der Waals surface area contributed by atoms with Crippen molar-refractivity contribution >= 4 is 65.5 Å². The first kappa shape index (κ1) is 25.2. The number of rotatable bonds is 10. The third-order valence-electron chi connectivity index (χ3n) is 5.20. The molecule has 2 heterocycles. The van der Waals surface area contributed by atoms with E-state index < -0.39 is 27.7 Å². The van der Waals surface area contributed by atoms with Crippen LogP contribution in [-0.4, -0.2) is 48.5 Å². The Kier molecular flexibility index (Phi) is 7.50. The Hall–Kier alpha value is -2.87. The Balaban J connectivity index is 1.55. The van der Waals surface area contributed by atoms with E-state index in [1.165, 1.54) is 52.9 Å². The lowest BCUT2D eigenvalue weighted by atomic mass is 10.2. The number of anilines is 1. The topological polar surface area (TPSA) is 133 Å². The van der Waals surface area contributed by atoms with Crippen molar-refractivity contribution in [3.05, 3.63) is 46.9 Å². The molecular formula is C22H24N4O6S3. The monoisotopic (exact) mass is 536 g/mol. The van der Waals surface area contributed by atoms with Gasteiger partial charge in [0.15, 0.2) is 10.7 Å². The van der Waals surface area contributed by atoms with Gasteiger partial charge in [-0.2, -0.15) is 16.5 Å². The van der Waals surface area contributed by atoms with E-state index in [9.17, 15) is 18.0 Å². The summed E-state index contributed by atoms with van der Waals surface area (Å²) >= 11 is 2.77. The number of thioether (sulfide) groups is 1. The van der Waals surface area contributed by atoms with Crippen molar-refractivity contribution in [1.82, 2.24) is 14.3 Å². The van der Waals surface area contributed by atoms with Crippen LogP contribution in [0, 0.1) is 0 Å². The standard InChI is InChI=1S/C22H24N4O6S3/c1-4-31-13-5-7-15-19(11-13)34-21(23-15)24-20(27)16(9-10-33-3)25-35(29,30)14-6-8-17-18(12-14)32-22(28)26(17)2/h5-8,11-12,16,25H,4,9-10H2,1-3H3,(H,23,24,27)/t16-/m0/s1. The average molecular weight is 537 g/mol. The number of thiazole rings is 1. The Morgan fingerprint density at radius 1 is 1.29 bits per heavy atom. The average Bonchev–Trinajstić information content (AvgIpc) is 3.35. The molecule has 4 aromatic rings. The summed E-state index contributed by atoms with van der Waals surface area (Å²) in [4.78, 5) is 29.1. The van der Waals surface area contributed by atoms with E-state index in [4.69, 9.17) is 9.15 Å². The van der Waals surface area contributed by atoms with Crippen molar-refractivity contribution < 1.29 is 22.4 Å². The summed E-state index contributed by atoms with van der Waals surface area (Å²) < 4.78 is 41.4. The zero-order chi connectivity index (χ0) is 25.2. The first-order chi connectivity index (χ1) is 16.7. The Bertz CT molecular complexity index is 1540. The van der Waals surface area contributed by atoms with Crippen molar-refractivity contribution in [2.45, 2.75) is 24.3 Å². The van der Waals surface area contributed by atoms with Gasteiger partial charge in [0.2, 0.25) is 15.9 Å². The van der Waals surface area contributed by atoms with Gasteiger partial charge in [0.25, 0.3) is 0 Å². The number of amides is 1. The molecule has 0 fully saturated rings. The fourth-order valence-corrected chi connectivity index (χ4v) is 6.04. The summed E-state index contributed by atoms with van der Waals surface area (Å²) in [7, 11) is -2.55.